The minimum atomic E-state index is -4.87. The van der Waals surface area contributed by atoms with Gasteiger partial charge in [-0.3, -0.25) is 0 Å². The van der Waals surface area contributed by atoms with Gasteiger partial charge in [0.1, 0.15) is 0 Å². The number of nitrogens with one attached hydrogen (secondary N) is 1. The van der Waals surface area contributed by atoms with Crippen LogP contribution in [0.15, 0.2) is 18.2 Å². The van der Waals surface area contributed by atoms with Crippen molar-refractivity contribution >= 4 is 5.69 Å². The van der Waals surface area contributed by atoms with E-state index in [1.807, 2.05) is 0 Å². The Labute approximate surface area is 95.6 Å². The molecule has 1 fully saturated rings. The van der Waals surface area contributed by atoms with Gasteiger partial charge in [0.2, 0.25) is 0 Å². The fourth-order valence-electron chi connectivity index (χ4n) is 1.40. The zero-order valence-corrected chi connectivity index (χ0v) is 8.85. The van der Waals surface area contributed by atoms with Crippen molar-refractivity contribution in [2.45, 2.75) is 19.2 Å². The van der Waals surface area contributed by atoms with E-state index in [9.17, 15) is 17.6 Å². The van der Waals surface area contributed by atoms with Crippen molar-refractivity contribution in [2.24, 2.45) is 5.92 Å². The minimum absolute atomic E-state index is 0.462. The molecule has 0 radical (unpaired) electrons. The maximum Gasteiger partial charge on any atom is 0.573 e. The monoisotopic (exact) mass is 249 g/mol. The van der Waals surface area contributed by atoms with Gasteiger partial charge in [-0.05, 0) is 30.9 Å². The van der Waals surface area contributed by atoms with E-state index in [4.69, 9.17) is 0 Å². The number of halogens is 4. The molecule has 1 aromatic carbocycles. The van der Waals surface area contributed by atoms with Crippen molar-refractivity contribution in [1.29, 1.82) is 0 Å². The van der Waals surface area contributed by atoms with Gasteiger partial charge in [0.15, 0.2) is 11.6 Å². The predicted molar refractivity (Wildman–Crippen MR) is 54.3 cm³/mol. The zero-order valence-electron chi connectivity index (χ0n) is 8.85. The first-order valence-corrected chi connectivity index (χ1v) is 5.23. The van der Waals surface area contributed by atoms with Crippen molar-refractivity contribution in [1.82, 2.24) is 0 Å². The Kier molecular flexibility index (Phi) is 3.13. The first-order chi connectivity index (χ1) is 7.94. The van der Waals surface area contributed by atoms with E-state index in [2.05, 4.69) is 10.1 Å². The lowest BCUT2D eigenvalue weighted by molar-refractivity contribution is -0.275. The van der Waals surface area contributed by atoms with E-state index < -0.39 is 17.9 Å². The molecule has 0 bridgehead atoms. The zero-order chi connectivity index (χ0) is 12.5. The Bertz CT molecular complexity index is 401. The summed E-state index contributed by atoms with van der Waals surface area (Å²) in [6.45, 7) is 0.721. The SMILES string of the molecule is Fc1cc(NCC2CC2)ccc1OC(F)(F)F. The highest BCUT2D eigenvalue weighted by atomic mass is 19.4. The highest BCUT2D eigenvalue weighted by Crippen LogP contribution is 2.30. The number of alkyl halides is 3. The fraction of sp³-hybridized carbons (Fsp3) is 0.455. The molecule has 2 rings (SSSR count). The third kappa shape index (κ3) is 3.80. The topological polar surface area (TPSA) is 21.3 Å². The van der Waals surface area contributed by atoms with Gasteiger partial charge in [-0.25, -0.2) is 4.39 Å². The number of hydrogen-bond donors (Lipinski definition) is 1. The summed E-state index contributed by atoms with van der Waals surface area (Å²) in [5, 5.41) is 2.96. The molecule has 1 N–H and O–H groups in total. The lowest BCUT2D eigenvalue weighted by Gasteiger charge is -2.11. The average Bonchev–Trinajstić information content (AvgIpc) is 3.00. The Morgan fingerprint density at radius 2 is 2.00 bits per heavy atom. The van der Waals surface area contributed by atoms with Crippen LogP contribution in [0.5, 0.6) is 5.75 Å². The summed E-state index contributed by atoms with van der Waals surface area (Å²) in [5.41, 5.74) is 0.462. The predicted octanol–water partition coefficient (Wildman–Crippen LogP) is 3.55. The van der Waals surface area contributed by atoms with Gasteiger partial charge >= 0.3 is 6.36 Å². The van der Waals surface area contributed by atoms with Crippen LogP contribution in [-0.2, 0) is 0 Å². The summed E-state index contributed by atoms with van der Waals surface area (Å²) in [7, 11) is 0. The quantitative estimate of drug-likeness (QED) is 0.824. The summed E-state index contributed by atoms with van der Waals surface area (Å²) < 4.78 is 52.4. The molecule has 0 aliphatic heterocycles. The minimum Gasteiger partial charge on any atom is -0.403 e. The molecule has 1 aliphatic rings. The van der Waals surface area contributed by atoms with Crippen LogP contribution >= 0.6 is 0 Å². The van der Waals surface area contributed by atoms with E-state index in [1.54, 1.807) is 0 Å². The number of benzene rings is 1. The first kappa shape index (κ1) is 12.0. The molecular formula is C11H11F4NO. The molecule has 0 spiro atoms. The molecule has 6 heteroatoms. The van der Waals surface area contributed by atoms with E-state index >= 15 is 0 Å². The lowest BCUT2D eigenvalue weighted by atomic mass is 10.2. The van der Waals surface area contributed by atoms with Crippen LogP contribution in [0.25, 0.3) is 0 Å². The highest BCUT2D eigenvalue weighted by molar-refractivity contribution is 5.47. The second-order valence-electron chi connectivity index (χ2n) is 4.02. The highest BCUT2D eigenvalue weighted by Gasteiger charge is 2.32. The van der Waals surface area contributed by atoms with Crippen LogP contribution in [0.2, 0.25) is 0 Å². The first-order valence-electron chi connectivity index (χ1n) is 5.23. The third-order valence-corrected chi connectivity index (χ3v) is 2.45. The van der Waals surface area contributed by atoms with Crippen molar-refractivity contribution in [3.05, 3.63) is 24.0 Å². The summed E-state index contributed by atoms with van der Waals surface area (Å²) in [4.78, 5) is 0. The van der Waals surface area contributed by atoms with Crippen molar-refractivity contribution in [2.75, 3.05) is 11.9 Å². The third-order valence-electron chi connectivity index (χ3n) is 2.45. The van der Waals surface area contributed by atoms with Gasteiger partial charge in [-0.2, -0.15) is 0 Å². The smallest absolute Gasteiger partial charge is 0.403 e. The molecule has 17 heavy (non-hydrogen) atoms. The van der Waals surface area contributed by atoms with E-state index in [0.29, 0.717) is 11.6 Å². The molecule has 0 atom stereocenters. The maximum absolute atomic E-state index is 13.3. The molecule has 1 aliphatic carbocycles. The van der Waals surface area contributed by atoms with Gasteiger partial charge in [-0.15, -0.1) is 13.2 Å². The van der Waals surface area contributed by atoms with Crippen molar-refractivity contribution < 1.29 is 22.3 Å². The van der Waals surface area contributed by atoms with Crippen molar-refractivity contribution in [3.63, 3.8) is 0 Å². The molecule has 1 aromatic rings. The standard InChI is InChI=1S/C11H11F4NO/c12-9-5-8(16-6-7-1-2-7)3-4-10(9)17-11(13,14)15/h3-5,7,16H,1-2,6H2. The molecule has 0 aromatic heterocycles. The van der Waals surface area contributed by atoms with E-state index in [0.717, 1.165) is 31.5 Å². The van der Waals surface area contributed by atoms with Crippen LogP contribution < -0.4 is 10.1 Å². The van der Waals surface area contributed by atoms with E-state index in [-0.39, 0.29) is 0 Å². The molecule has 0 saturated heterocycles. The average molecular weight is 249 g/mol. The molecule has 1 saturated carbocycles. The van der Waals surface area contributed by atoms with Crippen LogP contribution in [-0.4, -0.2) is 12.9 Å². The van der Waals surface area contributed by atoms with Gasteiger partial charge in [0.25, 0.3) is 0 Å². The Morgan fingerprint density at radius 3 is 2.53 bits per heavy atom. The normalized spacial score (nSPS) is 15.8. The Balaban J connectivity index is 1.99. The number of hydrogen-bond acceptors (Lipinski definition) is 2. The second-order valence-corrected chi connectivity index (χ2v) is 4.02. The molecular weight excluding hydrogens is 238 g/mol. The number of ether oxygens (including phenoxy) is 1. The van der Waals surface area contributed by atoms with Gasteiger partial charge in [0.05, 0.1) is 0 Å². The molecule has 0 unspecified atom stereocenters. The maximum atomic E-state index is 13.3. The fourth-order valence-corrected chi connectivity index (χ4v) is 1.40. The number of rotatable bonds is 4. The Morgan fingerprint density at radius 1 is 1.29 bits per heavy atom. The largest absolute Gasteiger partial charge is 0.573 e. The summed E-state index contributed by atoms with van der Waals surface area (Å²) >= 11 is 0. The van der Waals surface area contributed by atoms with E-state index in [1.165, 1.54) is 6.07 Å². The van der Waals surface area contributed by atoms with Crippen molar-refractivity contribution in [3.8, 4) is 5.75 Å². The second kappa shape index (κ2) is 4.43. The molecule has 2 nitrogen and oxygen atoms in total. The van der Waals surface area contributed by atoms with Gasteiger partial charge < -0.3 is 10.1 Å². The molecule has 0 heterocycles. The molecule has 0 amide bonds. The van der Waals surface area contributed by atoms with Crippen LogP contribution in [0.3, 0.4) is 0 Å². The summed E-state index contributed by atoms with van der Waals surface area (Å²) in [6.07, 6.45) is -2.58. The van der Waals surface area contributed by atoms with Gasteiger partial charge in [0, 0.05) is 18.3 Å². The van der Waals surface area contributed by atoms with Gasteiger partial charge in [-0.1, -0.05) is 0 Å². The summed E-state index contributed by atoms with van der Waals surface area (Å²) in [6, 6.07) is 3.34. The molecule has 94 valence electrons. The van der Waals surface area contributed by atoms with Crippen LogP contribution in [0, 0.1) is 11.7 Å². The van der Waals surface area contributed by atoms with Crippen LogP contribution in [0.4, 0.5) is 23.2 Å². The number of anilines is 1. The lowest BCUT2D eigenvalue weighted by Crippen LogP contribution is -2.18. The summed E-state index contributed by atoms with van der Waals surface area (Å²) in [5.74, 6) is -1.23. The Hall–Kier alpha value is -1.46. The van der Waals surface area contributed by atoms with Crippen LogP contribution in [0.1, 0.15) is 12.8 Å².